The number of halogens is 1. The average Bonchev–Trinajstić information content (AvgIpc) is 2.55. The summed E-state index contributed by atoms with van der Waals surface area (Å²) in [5.74, 6) is 1.19. The monoisotopic (exact) mass is 355 g/mol. The summed E-state index contributed by atoms with van der Waals surface area (Å²) in [5.41, 5.74) is 1.53. The van der Waals surface area contributed by atoms with Gasteiger partial charge in [-0.15, -0.1) is 0 Å². The van der Waals surface area contributed by atoms with Gasteiger partial charge < -0.3 is 9.47 Å². The van der Waals surface area contributed by atoms with Gasteiger partial charge in [-0.1, -0.05) is 23.7 Å². The topological polar surface area (TPSA) is 64.6 Å². The van der Waals surface area contributed by atoms with Crippen molar-refractivity contribution >= 4 is 21.6 Å². The zero-order chi connectivity index (χ0) is 17.0. The molecule has 0 amide bonds. The van der Waals surface area contributed by atoms with E-state index >= 15 is 0 Å². The largest absolute Gasteiger partial charge is 0.497 e. The molecule has 0 aliphatic rings. The second-order valence-electron chi connectivity index (χ2n) is 4.91. The van der Waals surface area contributed by atoms with Crippen LogP contribution in [0.4, 0.5) is 0 Å². The van der Waals surface area contributed by atoms with Gasteiger partial charge in [0.25, 0.3) is 0 Å². The van der Waals surface area contributed by atoms with Crippen molar-refractivity contribution < 1.29 is 17.9 Å². The SMILES string of the molecule is COc1ccc(CNS(=O)(=O)c2ccc(C)c(Cl)c2)c(OC)c1. The molecular formula is C16H18ClNO4S. The van der Waals surface area contributed by atoms with Crippen molar-refractivity contribution in [2.24, 2.45) is 0 Å². The highest BCUT2D eigenvalue weighted by Gasteiger charge is 2.16. The van der Waals surface area contributed by atoms with Crippen LogP contribution < -0.4 is 14.2 Å². The molecule has 7 heteroatoms. The maximum atomic E-state index is 12.4. The summed E-state index contributed by atoms with van der Waals surface area (Å²) in [5, 5.41) is 0.412. The van der Waals surface area contributed by atoms with Crippen molar-refractivity contribution in [1.82, 2.24) is 4.72 Å². The fraction of sp³-hybridized carbons (Fsp3) is 0.250. The minimum Gasteiger partial charge on any atom is -0.497 e. The van der Waals surface area contributed by atoms with E-state index in [0.717, 1.165) is 5.56 Å². The lowest BCUT2D eigenvalue weighted by Gasteiger charge is -2.12. The van der Waals surface area contributed by atoms with Crippen LogP contribution in [0.1, 0.15) is 11.1 Å². The molecule has 5 nitrogen and oxygen atoms in total. The molecule has 0 aliphatic carbocycles. The van der Waals surface area contributed by atoms with Crippen LogP contribution in [0.3, 0.4) is 0 Å². The first kappa shape index (κ1) is 17.6. The predicted molar refractivity (Wildman–Crippen MR) is 89.8 cm³/mol. The van der Waals surface area contributed by atoms with Gasteiger partial charge in [0.1, 0.15) is 11.5 Å². The molecule has 1 N–H and O–H groups in total. The Kier molecular flexibility index (Phi) is 5.51. The molecule has 0 saturated carbocycles. The van der Waals surface area contributed by atoms with Gasteiger partial charge >= 0.3 is 0 Å². The van der Waals surface area contributed by atoms with Gasteiger partial charge in [0.15, 0.2) is 0 Å². The first-order valence-electron chi connectivity index (χ1n) is 6.84. The number of methoxy groups -OCH3 is 2. The summed E-state index contributed by atoms with van der Waals surface area (Å²) in [7, 11) is -0.585. The van der Waals surface area contributed by atoms with Gasteiger partial charge in [0.05, 0.1) is 19.1 Å². The molecule has 0 spiro atoms. The molecule has 0 bridgehead atoms. The number of hydrogen-bond donors (Lipinski definition) is 1. The second kappa shape index (κ2) is 7.21. The van der Waals surface area contributed by atoms with Crippen LogP contribution in [0.25, 0.3) is 0 Å². The second-order valence-corrected chi connectivity index (χ2v) is 7.09. The number of nitrogens with one attached hydrogen (secondary N) is 1. The lowest BCUT2D eigenvalue weighted by Crippen LogP contribution is -2.23. The molecule has 0 radical (unpaired) electrons. The Morgan fingerprint density at radius 1 is 1.09 bits per heavy atom. The summed E-state index contributed by atoms with van der Waals surface area (Å²) in [6, 6.07) is 9.83. The Morgan fingerprint density at radius 2 is 1.83 bits per heavy atom. The van der Waals surface area contributed by atoms with Crippen LogP contribution in [0.5, 0.6) is 11.5 Å². The number of rotatable bonds is 6. The normalized spacial score (nSPS) is 11.3. The van der Waals surface area contributed by atoms with Crippen LogP contribution in [-0.2, 0) is 16.6 Å². The fourth-order valence-electron chi connectivity index (χ4n) is 1.99. The van der Waals surface area contributed by atoms with Crippen LogP contribution in [-0.4, -0.2) is 22.6 Å². The first-order chi connectivity index (χ1) is 10.9. The smallest absolute Gasteiger partial charge is 0.240 e. The van der Waals surface area contributed by atoms with Gasteiger partial charge in [-0.05, 0) is 30.7 Å². The fourth-order valence-corrected chi connectivity index (χ4v) is 3.27. The van der Waals surface area contributed by atoms with Crippen molar-refractivity contribution in [2.45, 2.75) is 18.4 Å². The standard InChI is InChI=1S/C16H18ClNO4S/c1-11-4-7-14(9-15(11)17)23(19,20)18-10-12-5-6-13(21-2)8-16(12)22-3/h4-9,18H,10H2,1-3H3. The third kappa shape index (κ3) is 4.16. The molecule has 2 aromatic rings. The predicted octanol–water partition coefficient (Wildman–Crippen LogP) is 3.14. The minimum atomic E-state index is -3.66. The quantitative estimate of drug-likeness (QED) is 0.864. The maximum Gasteiger partial charge on any atom is 0.240 e. The van der Waals surface area contributed by atoms with E-state index in [9.17, 15) is 8.42 Å². The van der Waals surface area contributed by atoms with E-state index in [2.05, 4.69) is 4.72 Å². The molecule has 124 valence electrons. The Bertz CT molecular complexity index is 806. The lowest BCUT2D eigenvalue weighted by molar-refractivity contribution is 0.390. The molecule has 2 aromatic carbocycles. The third-order valence-corrected chi connectivity index (χ3v) is 5.21. The molecule has 0 unspecified atom stereocenters. The molecular weight excluding hydrogens is 338 g/mol. The molecule has 2 rings (SSSR count). The Balaban J connectivity index is 2.20. The molecule has 0 saturated heterocycles. The summed E-state index contributed by atoms with van der Waals surface area (Å²) in [4.78, 5) is 0.126. The van der Waals surface area contributed by atoms with E-state index in [1.165, 1.54) is 19.2 Å². The highest BCUT2D eigenvalue weighted by molar-refractivity contribution is 7.89. The Morgan fingerprint density at radius 3 is 2.43 bits per heavy atom. The zero-order valence-corrected chi connectivity index (χ0v) is 14.7. The van der Waals surface area contributed by atoms with E-state index in [4.69, 9.17) is 21.1 Å². The van der Waals surface area contributed by atoms with E-state index in [-0.39, 0.29) is 11.4 Å². The Hall–Kier alpha value is -1.76. The number of benzene rings is 2. The van der Waals surface area contributed by atoms with Crippen LogP contribution in [0.15, 0.2) is 41.3 Å². The first-order valence-corrected chi connectivity index (χ1v) is 8.70. The van der Waals surface area contributed by atoms with E-state index in [0.29, 0.717) is 22.1 Å². The lowest BCUT2D eigenvalue weighted by atomic mass is 10.2. The van der Waals surface area contributed by atoms with E-state index in [1.54, 1.807) is 31.4 Å². The van der Waals surface area contributed by atoms with Crippen molar-refractivity contribution in [2.75, 3.05) is 14.2 Å². The van der Waals surface area contributed by atoms with Crippen LogP contribution in [0, 0.1) is 6.92 Å². The Labute approximate surface area is 141 Å². The molecule has 0 fully saturated rings. The summed E-state index contributed by atoms with van der Waals surface area (Å²) < 4.78 is 37.6. The van der Waals surface area contributed by atoms with Crippen LogP contribution in [0.2, 0.25) is 5.02 Å². The number of hydrogen-bond acceptors (Lipinski definition) is 4. The zero-order valence-electron chi connectivity index (χ0n) is 13.1. The number of sulfonamides is 1. The van der Waals surface area contributed by atoms with Gasteiger partial charge in [0, 0.05) is 23.2 Å². The van der Waals surface area contributed by atoms with E-state index in [1.807, 2.05) is 6.92 Å². The highest BCUT2D eigenvalue weighted by atomic mass is 35.5. The minimum absolute atomic E-state index is 0.0982. The van der Waals surface area contributed by atoms with Crippen molar-refractivity contribution in [3.63, 3.8) is 0 Å². The molecule has 0 aliphatic heterocycles. The van der Waals surface area contributed by atoms with Gasteiger partial charge in [-0.3, -0.25) is 0 Å². The molecule has 0 heterocycles. The summed E-state index contributed by atoms with van der Waals surface area (Å²) in [6.45, 7) is 1.91. The molecule has 23 heavy (non-hydrogen) atoms. The average molecular weight is 356 g/mol. The summed E-state index contributed by atoms with van der Waals surface area (Å²) >= 11 is 5.99. The van der Waals surface area contributed by atoms with Crippen molar-refractivity contribution in [3.05, 3.63) is 52.5 Å². The van der Waals surface area contributed by atoms with Crippen LogP contribution >= 0.6 is 11.6 Å². The highest BCUT2D eigenvalue weighted by Crippen LogP contribution is 2.25. The van der Waals surface area contributed by atoms with Crippen molar-refractivity contribution in [1.29, 1.82) is 0 Å². The molecule has 0 atom stereocenters. The van der Waals surface area contributed by atoms with Gasteiger partial charge in [-0.25, -0.2) is 13.1 Å². The number of ether oxygens (including phenoxy) is 2. The van der Waals surface area contributed by atoms with Gasteiger partial charge in [-0.2, -0.15) is 0 Å². The third-order valence-electron chi connectivity index (χ3n) is 3.40. The van der Waals surface area contributed by atoms with E-state index < -0.39 is 10.0 Å². The summed E-state index contributed by atoms with van der Waals surface area (Å²) in [6.07, 6.45) is 0. The molecule has 0 aromatic heterocycles. The maximum absolute atomic E-state index is 12.4. The number of aryl methyl sites for hydroxylation is 1. The van der Waals surface area contributed by atoms with Crippen molar-refractivity contribution in [3.8, 4) is 11.5 Å². The van der Waals surface area contributed by atoms with Gasteiger partial charge in [0.2, 0.25) is 10.0 Å².